The Morgan fingerprint density at radius 2 is 1.88 bits per heavy atom. The van der Waals surface area contributed by atoms with E-state index in [0.29, 0.717) is 18.9 Å². The van der Waals surface area contributed by atoms with Crippen molar-refractivity contribution in [2.24, 2.45) is 0 Å². The second kappa shape index (κ2) is 6.62. The molecule has 0 radical (unpaired) electrons. The molecule has 1 fully saturated rings. The van der Waals surface area contributed by atoms with E-state index in [1.165, 1.54) is 11.8 Å². The maximum Gasteiger partial charge on any atom is 0.156 e. The molecule has 3 heterocycles. The van der Waals surface area contributed by atoms with Gasteiger partial charge in [0.1, 0.15) is 17.0 Å². The van der Waals surface area contributed by atoms with E-state index < -0.39 is 0 Å². The Morgan fingerprint density at radius 1 is 1.04 bits per heavy atom. The molecule has 3 aromatic rings. The van der Waals surface area contributed by atoms with Gasteiger partial charge >= 0.3 is 0 Å². The molecule has 24 heavy (non-hydrogen) atoms. The molecule has 0 atom stereocenters. The van der Waals surface area contributed by atoms with Gasteiger partial charge in [0.05, 0.1) is 18.7 Å². The smallest absolute Gasteiger partial charge is 0.156 e. The summed E-state index contributed by atoms with van der Waals surface area (Å²) in [5.41, 5.74) is 7.92. The van der Waals surface area contributed by atoms with Crippen molar-refractivity contribution in [2.45, 2.75) is 9.92 Å². The summed E-state index contributed by atoms with van der Waals surface area (Å²) in [5.74, 6) is 0.781. The molecule has 0 aliphatic carbocycles. The van der Waals surface area contributed by atoms with Gasteiger partial charge in [0, 0.05) is 29.6 Å². The lowest BCUT2D eigenvalue weighted by Crippen LogP contribution is -2.37. The van der Waals surface area contributed by atoms with Crippen LogP contribution in [0, 0.1) is 0 Å². The second-order valence-corrected chi connectivity index (χ2v) is 6.48. The van der Waals surface area contributed by atoms with E-state index in [0.717, 1.165) is 39.7 Å². The SMILES string of the molecule is Nc1c(Sc2cccc3cccnc23)ncnc1N1CCOCC1. The third-order valence-corrected chi connectivity index (χ3v) is 5.01. The fourth-order valence-electron chi connectivity index (χ4n) is 2.74. The van der Waals surface area contributed by atoms with Crippen LogP contribution in [0.5, 0.6) is 0 Å². The van der Waals surface area contributed by atoms with Gasteiger partial charge in [0.2, 0.25) is 0 Å². The third-order valence-electron chi connectivity index (χ3n) is 3.94. The van der Waals surface area contributed by atoms with Crippen molar-refractivity contribution in [3.63, 3.8) is 0 Å². The summed E-state index contributed by atoms with van der Waals surface area (Å²) in [5, 5.41) is 1.85. The van der Waals surface area contributed by atoms with E-state index >= 15 is 0 Å². The number of benzene rings is 1. The quantitative estimate of drug-likeness (QED) is 0.735. The lowest BCUT2D eigenvalue weighted by atomic mass is 10.2. The maximum absolute atomic E-state index is 6.36. The minimum Gasteiger partial charge on any atom is -0.394 e. The van der Waals surface area contributed by atoms with Crippen LogP contribution in [0.3, 0.4) is 0 Å². The molecular weight excluding hydrogens is 322 g/mol. The van der Waals surface area contributed by atoms with Crippen molar-refractivity contribution in [3.8, 4) is 0 Å². The van der Waals surface area contributed by atoms with Crippen molar-refractivity contribution >= 4 is 34.2 Å². The highest BCUT2D eigenvalue weighted by atomic mass is 32.2. The Kier molecular flexibility index (Phi) is 4.18. The Hall–Kier alpha value is -2.38. The summed E-state index contributed by atoms with van der Waals surface area (Å²) in [6.45, 7) is 2.97. The zero-order chi connectivity index (χ0) is 16.4. The molecule has 1 aliphatic rings. The van der Waals surface area contributed by atoms with E-state index in [-0.39, 0.29) is 0 Å². The predicted molar refractivity (Wildman–Crippen MR) is 95.3 cm³/mol. The average molecular weight is 339 g/mol. The zero-order valence-corrected chi connectivity index (χ0v) is 13.9. The molecule has 1 aromatic carbocycles. The first-order valence-corrected chi connectivity index (χ1v) is 8.59. The molecule has 2 N–H and O–H groups in total. The highest BCUT2D eigenvalue weighted by Crippen LogP contribution is 2.37. The molecule has 2 aromatic heterocycles. The number of para-hydroxylation sites is 1. The minimum absolute atomic E-state index is 0.609. The van der Waals surface area contributed by atoms with Gasteiger partial charge in [-0.25, -0.2) is 9.97 Å². The summed E-state index contributed by atoms with van der Waals surface area (Å²) in [4.78, 5) is 16.4. The monoisotopic (exact) mass is 339 g/mol. The average Bonchev–Trinajstić information content (AvgIpc) is 2.64. The van der Waals surface area contributed by atoms with Gasteiger partial charge < -0.3 is 15.4 Å². The Labute approximate surface area is 144 Å². The number of nitrogen functional groups attached to an aromatic ring is 1. The Morgan fingerprint density at radius 3 is 2.75 bits per heavy atom. The van der Waals surface area contributed by atoms with Gasteiger partial charge in [0.15, 0.2) is 5.82 Å². The van der Waals surface area contributed by atoms with Crippen molar-refractivity contribution in [1.82, 2.24) is 15.0 Å². The highest BCUT2D eigenvalue weighted by molar-refractivity contribution is 7.99. The molecule has 0 amide bonds. The summed E-state index contributed by atoms with van der Waals surface area (Å²) in [6.07, 6.45) is 3.37. The van der Waals surface area contributed by atoms with Gasteiger partial charge in [-0.1, -0.05) is 30.0 Å². The first-order chi connectivity index (χ1) is 11.8. The van der Waals surface area contributed by atoms with Crippen LogP contribution in [0.25, 0.3) is 10.9 Å². The molecule has 0 unspecified atom stereocenters. The van der Waals surface area contributed by atoms with E-state index in [1.54, 1.807) is 12.5 Å². The summed E-state index contributed by atoms with van der Waals surface area (Å²) >= 11 is 1.53. The van der Waals surface area contributed by atoms with Gasteiger partial charge in [-0.15, -0.1) is 0 Å². The molecule has 1 aliphatic heterocycles. The fraction of sp³-hybridized carbons (Fsp3) is 0.235. The van der Waals surface area contributed by atoms with Crippen LogP contribution < -0.4 is 10.6 Å². The van der Waals surface area contributed by atoms with Crippen LogP contribution >= 0.6 is 11.8 Å². The number of anilines is 2. The maximum atomic E-state index is 6.36. The number of ether oxygens (including phenoxy) is 1. The zero-order valence-electron chi connectivity index (χ0n) is 13.1. The van der Waals surface area contributed by atoms with Gasteiger partial charge in [-0.05, 0) is 12.1 Å². The first-order valence-electron chi connectivity index (χ1n) is 7.78. The normalized spacial score (nSPS) is 14.9. The molecule has 4 rings (SSSR count). The minimum atomic E-state index is 0.609. The molecule has 122 valence electrons. The first kappa shape index (κ1) is 15.2. The van der Waals surface area contributed by atoms with Crippen molar-refractivity contribution in [3.05, 3.63) is 42.9 Å². The summed E-state index contributed by atoms with van der Waals surface area (Å²) < 4.78 is 5.40. The number of hydrogen-bond acceptors (Lipinski definition) is 7. The fourth-order valence-corrected chi connectivity index (χ4v) is 3.67. The topological polar surface area (TPSA) is 77.2 Å². The van der Waals surface area contributed by atoms with E-state index in [2.05, 4.69) is 32.0 Å². The highest BCUT2D eigenvalue weighted by Gasteiger charge is 2.18. The second-order valence-electron chi connectivity index (χ2n) is 5.45. The largest absolute Gasteiger partial charge is 0.394 e. The van der Waals surface area contributed by atoms with Crippen molar-refractivity contribution in [1.29, 1.82) is 0 Å². The van der Waals surface area contributed by atoms with E-state index in [4.69, 9.17) is 10.5 Å². The lowest BCUT2D eigenvalue weighted by molar-refractivity contribution is 0.122. The number of rotatable bonds is 3. The number of fused-ring (bicyclic) bond motifs is 1. The van der Waals surface area contributed by atoms with Gasteiger partial charge in [0.25, 0.3) is 0 Å². The number of aromatic nitrogens is 3. The number of pyridine rings is 1. The molecule has 0 bridgehead atoms. The summed E-state index contributed by atoms with van der Waals surface area (Å²) in [6, 6.07) is 10.1. The predicted octanol–water partition coefficient (Wildman–Crippen LogP) is 2.59. The lowest BCUT2D eigenvalue weighted by Gasteiger charge is -2.28. The molecule has 0 spiro atoms. The molecular formula is C17H17N5OS. The standard InChI is InChI=1S/C17H17N5OS/c18-14-16(22-7-9-23-10-8-22)20-11-21-17(14)24-13-5-1-3-12-4-2-6-19-15(12)13/h1-6,11H,7-10,18H2. The number of hydrogen-bond donors (Lipinski definition) is 1. The van der Waals surface area contributed by atoms with E-state index in [9.17, 15) is 0 Å². The Balaban J connectivity index is 1.69. The van der Waals surface area contributed by atoms with Crippen LogP contribution in [-0.2, 0) is 4.74 Å². The molecule has 7 heteroatoms. The van der Waals surface area contributed by atoms with Crippen LogP contribution in [0.4, 0.5) is 11.5 Å². The van der Waals surface area contributed by atoms with Crippen LogP contribution in [-0.4, -0.2) is 41.3 Å². The number of nitrogens with zero attached hydrogens (tertiary/aromatic N) is 4. The molecule has 0 saturated carbocycles. The van der Waals surface area contributed by atoms with Crippen LogP contribution in [0.15, 0.2) is 52.8 Å². The van der Waals surface area contributed by atoms with Crippen LogP contribution in [0.2, 0.25) is 0 Å². The van der Waals surface area contributed by atoms with Crippen molar-refractivity contribution < 1.29 is 4.74 Å². The van der Waals surface area contributed by atoms with Gasteiger partial charge in [-0.3, -0.25) is 4.98 Å². The number of morpholine rings is 1. The summed E-state index contributed by atoms with van der Waals surface area (Å²) in [7, 11) is 0. The Bertz CT molecular complexity index is 861. The van der Waals surface area contributed by atoms with Crippen molar-refractivity contribution in [2.75, 3.05) is 36.9 Å². The van der Waals surface area contributed by atoms with E-state index in [1.807, 2.05) is 18.2 Å². The van der Waals surface area contributed by atoms with Gasteiger partial charge in [-0.2, -0.15) is 0 Å². The molecule has 6 nitrogen and oxygen atoms in total. The number of nitrogens with two attached hydrogens (primary N) is 1. The molecule has 1 saturated heterocycles. The van der Waals surface area contributed by atoms with Crippen LogP contribution in [0.1, 0.15) is 0 Å². The third kappa shape index (κ3) is 2.88.